The lowest BCUT2D eigenvalue weighted by Gasteiger charge is -2.40. The van der Waals surface area contributed by atoms with E-state index in [2.05, 4.69) is 40.6 Å². The Labute approximate surface area is 170 Å². The molecule has 4 rings (SSSR count). The van der Waals surface area contributed by atoms with Gasteiger partial charge in [-0.2, -0.15) is 0 Å². The molecule has 0 saturated carbocycles. The number of aromatic amines is 2. The van der Waals surface area contributed by atoms with E-state index in [0.717, 1.165) is 48.9 Å². The van der Waals surface area contributed by atoms with Crippen LogP contribution in [0.2, 0.25) is 0 Å². The minimum absolute atomic E-state index is 0.175. The molecule has 1 aliphatic heterocycles. The van der Waals surface area contributed by atoms with E-state index in [0.29, 0.717) is 5.92 Å². The predicted molar refractivity (Wildman–Crippen MR) is 114 cm³/mol. The number of halogens is 1. The molecule has 0 bridgehead atoms. The quantitative estimate of drug-likeness (QED) is 0.661. The Hall–Kier alpha value is -2.84. The number of nitrogens with one attached hydrogen (secondary N) is 2. The summed E-state index contributed by atoms with van der Waals surface area (Å²) >= 11 is 0. The van der Waals surface area contributed by atoms with Crippen molar-refractivity contribution in [3.63, 3.8) is 0 Å². The lowest BCUT2D eigenvalue weighted by atomic mass is 9.88. The fraction of sp³-hybridized carbons (Fsp3) is 0.375. The van der Waals surface area contributed by atoms with Crippen molar-refractivity contribution in [1.82, 2.24) is 14.9 Å². The molecule has 0 amide bonds. The average Bonchev–Trinajstić information content (AvgIpc) is 3.08. The number of imidazole rings is 1. The number of fused-ring (bicyclic) bond motifs is 1. The van der Waals surface area contributed by atoms with Crippen molar-refractivity contribution in [2.75, 3.05) is 13.1 Å². The van der Waals surface area contributed by atoms with Gasteiger partial charge in [0.1, 0.15) is 5.82 Å². The molecule has 2 N–H and O–H groups in total. The van der Waals surface area contributed by atoms with Gasteiger partial charge in [0.05, 0.1) is 16.6 Å². The minimum atomic E-state index is -0.221. The van der Waals surface area contributed by atoms with Crippen LogP contribution < -0.4 is 5.69 Å². The van der Waals surface area contributed by atoms with E-state index in [1.807, 2.05) is 30.3 Å². The van der Waals surface area contributed by atoms with Gasteiger partial charge >= 0.3 is 5.69 Å². The summed E-state index contributed by atoms with van der Waals surface area (Å²) in [6.07, 6.45) is 3.26. The Morgan fingerprint density at radius 3 is 2.48 bits per heavy atom. The highest BCUT2D eigenvalue weighted by Crippen LogP contribution is 2.26. The molecule has 2 aromatic carbocycles. The Bertz CT molecular complexity index is 1110. The van der Waals surface area contributed by atoms with Crippen LogP contribution in [-0.2, 0) is 6.42 Å². The van der Waals surface area contributed by atoms with Crippen LogP contribution >= 0.6 is 0 Å². The molecule has 150 valence electrons. The number of hydrogen-bond acceptors (Lipinski definition) is 2. The van der Waals surface area contributed by atoms with Crippen molar-refractivity contribution in [2.45, 2.75) is 38.6 Å². The Morgan fingerprint density at radius 1 is 1.07 bits per heavy atom. The molecule has 2 heterocycles. The Balaban J connectivity index is 1.38. The molecule has 1 aromatic heterocycles. The van der Waals surface area contributed by atoms with Gasteiger partial charge in [-0.1, -0.05) is 24.0 Å². The highest BCUT2D eigenvalue weighted by Gasteiger charge is 2.29. The number of piperidine rings is 1. The molecule has 1 fully saturated rings. The SMILES string of the molecule is CC(C)(C#Cc1ccc2[nH]c(=O)[nH]c2c1)N1CCC(Cc2ccc(F)cc2)CC1. The molecule has 0 aliphatic carbocycles. The van der Waals surface area contributed by atoms with Crippen LogP contribution in [0, 0.1) is 23.6 Å². The molecule has 0 atom stereocenters. The Morgan fingerprint density at radius 2 is 1.76 bits per heavy atom. The van der Waals surface area contributed by atoms with Crippen molar-refractivity contribution in [1.29, 1.82) is 0 Å². The fourth-order valence-corrected chi connectivity index (χ4v) is 4.06. The number of benzene rings is 2. The molecule has 0 spiro atoms. The zero-order chi connectivity index (χ0) is 20.4. The van der Waals surface area contributed by atoms with Crippen LogP contribution in [-0.4, -0.2) is 33.5 Å². The third kappa shape index (κ3) is 4.60. The van der Waals surface area contributed by atoms with Crippen molar-refractivity contribution >= 4 is 11.0 Å². The lowest BCUT2D eigenvalue weighted by Crippen LogP contribution is -2.47. The van der Waals surface area contributed by atoms with Gasteiger partial charge in [0.15, 0.2) is 0 Å². The third-order valence-corrected chi connectivity index (χ3v) is 5.87. The van der Waals surface area contributed by atoms with Crippen molar-refractivity contribution in [3.8, 4) is 11.8 Å². The maximum absolute atomic E-state index is 13.1. The monoisotopic (exact) mass is 391 g/mol. The summed E-state index contributed by atoms with van der Waals surface area (Å²) in [5, 5.41) is 0. The van der Waals surface area contributed by atoms with E-state index in [9.17, 15) is 9.18 Å². The first-order chi connectivity index (χ1) is 13.9. The molecule has 1 saturated heterocycles. The summed E-state index contributed by atoms with van der Waals surface area (Å²) in [6, 6.07) is 12.6. The summed E-state index contributed by atoms with van der Waals surface area (Å²) < 4.78 is 13.1. The van der Waals surface area contributed by atoms with Gasteiger partial charge in [-0.25, -0.2) is 9.18 Å². The zero-order valence-corrected chi connectivity index (χ0v) is 16.9. The maximum atomic E-state index is 13.1. The number of H-pyrrole nitrogens is 2. The largest absolute Gasteiger partial charge is 0.323 e. The highest BCUT2D eigenvalue weighted by molar-refractivity contribution is 5.76. The summed E-state index contributed by atoms with van der Waals surface area (Å²) in [6.45, 7) is 6.35. The van der Waals surface area contributed by atoms with Gasteiger partial charge in [-0.3, -0.25) is 4.90 Å². The second-order valence-electron chi connectivity index (χ2n) is 8.41. The first kappa shape index (κ1) is 19.5. The number of hydrogen-bond donors (Lipinski definition) is 2. The lowest BCUT2D eigenvalue weighted by molar-refractivity contribution is 0.112. The molecule has 4 nitrogen and oxygen atoms in total. The van der Waals surface area contributed by atoms with Crippen LogP contribution in [0.25, 0.3) is 11.0 Å². The number of rotatable bonds is 3. The molecule has 0 unspecified atom stereocenters. The molecule has 1 aliphatic rings. The first-order valence-electron chi connectivity index (χ1n) is 10.1. The maximum Gasteiger partial charge on any atom is 0.323 e. The van der Waals surface area contributed by atoms with E-state index in [-0.39, 0.29) is 17.0 Å². The van der Waals surface area contributed by atoms with Gasteiger partial charge in [-0.15, -0.1) is 0 Å². The van der Waals surface area contributed by atoms with Crippen LogP contribution in [0.4, 0.5) is 4.39 Å². The molecular formula is C24H26FN3O. The summed E-state index contributed by atoms with van der Waals surface area (Å²) in [5.41, 5.74) is 3.26. The van der Waals surface area contributed by atoms with Gasteiger partial charge in [-0.05, 0) is 88.0 Å². The average molecular weight is 391 g/mol. The van der Waals surface area contributed by atoms with Crippen molar-refractivity contribution in [3.05, 3.63) is 69.9 Å². The number of likely N-dealkylation sites (tertiary alicyclic amines) is 1. The van der Waals surface area contributed by atoms with Crippen molar-refractivity contribution in [2.24, 2.45) is 5.92 Å². The highest BCUT2D eigenvalue weighted by atomic mass is 19.1. The zero-order valence-electron chi connectivity index (χ0n) is 16.9. The summed E-state index contributed by atoms with van der Waals surface area (Å²) in [4.78, 5) is 19.4. The standard InChI is InChI=1S/C24H26FN3O/c1-24(2,12-9-18-5-8-21-22(16-18)27-23(29)26-21)28-13-10-19(11-14-28)15-17-3-6-20(25)7-4-17/h3-8,16,19H,10-11,13-15H2,1-2H3,(H2,26,27,29). The van der Waals surface area contributed by atoms with Crippen LogP contribution in [0.1, 0.15) is 37.8 Å². The van der Waals surface area contributed by atoms with Crippen molar-refractivity contribution < 1.29 is 4.39 Å². The molecular weight excluding hydrogens is 365 g/mol. The fourth-order valence-electron chi connectivity index (χ4n) is 4.06. The van der Waals surface area contributed by atoms with Gasteiger partial charge < -0.3 is 9.97 Å². The summed E-state index contributed by atoms with van der Waals surface area (Å²) in [5.74, 6) is 7.15. The second kappa shape index (κ2) is 7.88. The summed E-state index contributed by atoms with van der Waals surface area (Å²) in [7, 11) is 0. The topological polar surface area (TPSA) is 51.9 Å². The van der Waals surface area contributed by atoms with Gasteiger partial charge in [0, 0.05) is 5.56 Å². The number of aromatic nitrogens is 2. The normalized spacial score (nSPS) is 16.0. The minimum Gasteiger partial charge on any atom is -0.306 e. The molecule has 29 heavy (non-hydrogen) atoms. The van der Waals surface area contributed by atoms with E-state index in [1.54, 1.807) is 12.1 Å². The molecule has 3 aromatic rings. The number of nitrogens with zero attached hydrogens (tertiary/aromatic N) is 1. The first-order valence-corrected chi connectivity index (χ1v) is 10.1. The smallest absolute Gasteiger partial charge is 0.306 e. The van der Waals surface area contributed by atoms with Gasteiger partial charge in [0.25, 0.3) is 0 Å². The van der Waals surface area contributed by atoms with Gasteiger partial charge in [0.2, 0.25) is 0 Å². The van der Waals surface area contributed by atoms with Crippen LogP contribution in [0.5, 0.6) is 0 Å². The van der Waals surface area contributed by atoms with E-state index in [1.165, 1.54) is 5.56 Å². The predicted octanol–water partition coefficient (Wildman–Crippen LogP) is 4.08. The second-order valence-corrected chi connectivity index (χ2v) is 8.41. The Kier molecular flexibility index (Phi) is 5.29. The van der Waals surface area contributed by atoms with E-state index in [4.69, 9.17) is 0 Å². The third-order valence-electron chi connectivity index (χ3n) is 5.87. The van der Waals surface area contributed by atoms with E-state index < -0.39 is 0 Å². The van der Waals surface area contributed by atoms with Crippen LogP contribution in [0.3, 0.4) is 0 Å². The van der Waals surface area contributed by atoms with Crippen LogP contribution in [0.15, 0.2) is 47.3 Å². The molecule has 0 radical (unpaired) electrons. The molecule has 5 heteroatoms. The van der Waals surface area contributed by atoms with E-state index >= 15 is 0 Å².